The zero-order valence-electron chi connectivity index (χ0n) is 10.8. The third-order valence-electron chi connectivity index (χ3n) is 2.88. The van der Waals surface area contributed by atoms with Crippen molar-refractivity contribution in [1.29, 1.82) is 0 Å². The summed E-state index contributed by atoms with van der Waals surface area (Å²) in [6.07, 6.45) is 0. The summed E-state index contributed by atoms with van der Waals surface area (Å²) < 4.78 is 6.58. The van der Waals surface area contributed by atoms with Gasteiger partial charge in [-0.3, -0.25) is 4.79 Å². The lowest BCUT2D eigenvalue weighted by Crippen LogP contribution is -2.31. The van der Waals surface area contributed by atoms with Crippen molar-refractivity contribution in [2.75, 3.05) is 13.1 Å². The first-order valence-electron chi connectivity index (χ1n) is 6.04. The molecule has 0 aliphatic carbocycles. The number of carbonyl (C=O) groups excluding carboxylic acids is 1. The van der Waals surface area contributed by atoms with Gasteiger partial charge < -0.3 is 10.1 Å². The first-order chi connectivity index (χ1) is 8.37. The molecule has 5 heteroatoms. The van der Waals surface area contributed by atoms with Crippen LogP contribution in [0.4, 0.5) is 0 Å². The van der Waals surface area contributed by atoms with Gasteiger partial charge in [0.15, 0.2) is 0 Å². The van der Waals surface area contributed by atoms with Crippen molar-refractivity contribution in [3.8, 4) is 0 Å². The third kappa shape index (κ3) is 3.33. The van der Waals surface area contributed by atoms with Gasteiger partial charge >= 0.3 is 5.97 Å². The standard InChI is InChI=1S/C13H18BrNO2S/c1-13(2,3)17-12(16)10-6-15-5-9(10)11-4-8(14)7-18-11/h4,7,9-10,15H,5-6H2,1-3H3. The highest BCUT2D eigenvalue weighted by Gasteiger charge is 2.37. The Hall–Kier alpha value is -0.390. The molecule has 0 bridgehead atoms. The summed E-state index contributed by atoms with van der Waals surface area (Å²) in [6, 6.07) is 2.10. The monoisotopic (exact) mass is 331 g/mol. The number of carbonyl (C=O) groups is 1. The summed E-state index contributed by atoms with van der Waals surface area (Å²) in [6.45, 7) is 7.27. The average Bonchev–Trinajstić information content (AvgIpc) is 2.81. The van der Waals surface area contributed by atoms with Crippen LogP contribution in [0.5, 0.6) is 0 Å². The topological polar surface area (TPSA) is 38.3 Å². The molecule has 0 spiro atoms. The molecule has 1 fully saturated rings. The van der Waals surface area contributed by atoms with Crippen molar-refractivity contribution in [3.05, 3.63) is 20.8 Å². The van der Waals surface area contributed by atoms with Crippen molar-refractivity contribution < 1.29 is 9.53 Å². The van der Waals surface area contributed by atoms with Crippen LogP contribution in [0.1, 0.15) is 31.6 Å². The lowest BCUT2D eigenvalue weighted by molar-refractivity contribution is -0.159. The fourth-order valence-corrected chi connectivity index (χ4v) is 3.74. The van der Waals surface area contributed by atoms with E-state index < -0.39 is 5.60 Å². The van der Waals surface area contributed by atoms with Crippen LogP contribution in [0.15, 0.2) is 15.9 Å². The average molecular weight is 332 g/mol. The van der Waals surface area contributed by atoms with Crippen molar-refractivity contribution in [2.24, 2.45) is 5.92 Å². The molecule has 100 valence electrons. The molecule has 1 saturated heterocycles. The van der Waals surface area contributed by atoms with Gasteiger partial charge in [0, 0.05) is 33.7 Å². The Bertz CT molecular complexity index is 438. The fourth-order valence-electron chi connectivity index (χ4n) is 2.13. The van der Waals surface area contributed by atoms with Gasteiger partial charge in [-0.1, -0.05) is 0 Å². The fraction of sp³-hybridized carbons (Fsp3) is 0.615. The molecular weight excluding hydrogens is 314 g/mol. The summed E-state index contributed by atoms with van der Waals surface area (Å²) >= 11 is 5.15. The van der Waals surface area contributed by atoms with Gasteiger partial charge in [0.05, 0.1) is 5.92 Å². The Morgan fingerprint density at radius 3 is 2.78 bits per heavy atom. The second-order valence-corrected chi connectivity index (χ2v) is 7.43. The molecule has 2 rings (SSSR count). The molecule has 1 aromatic heterocycles. The molecule has 0 radical (unpaired) electrons. The highest BCUT2D eigenvalue weighted by Crippen LogP contribution is 2.35. The molecule has 3 nitrogen and oxygen atoms in total. The predicted molar refractivity (Wildman–Crippen MR) is 77.0 cm³/mol. The van der Waals surface area contributed by atoms with Gasteiger partial charge in [0.2, 0.25) is 0 Å². The van der Waals surface area contributed by atoms with Crippen molar-refractivity contribution >= 4 is 33.2 Å². The van der Waals surface area contributed by atoms with Gasteiger partial charge in [-0.05, 0) is 42.8 Å². The van der Waals surface area contributed by atoms with Gasteiger partial charge in [-0.15, -0.1) is 11.3 Å². The SMILES string of the molecule is CC(C)(C)OC(=O)C1CNCC1c1cc(Br)cs1. The Labute approximate surface area is 120 Å². The zero-order valence-corrected chi connectivity index (χ0v) is 13.2. The Kier molecular flexibility index (Phi) is 4.14. The molecule has 0 amide bonds. The van der Waals surface area contributed by atoms with Gasteiger partial charge in [-0.2, -0.15) is 0 Å². The Morgan fingerprint density at radius 2 is 2.22 bits per heavy atom. The zero-order chi connectivity index (χ0) is 13.3. The van der Waals surface area contributed by atoms with E-state index in [2.05, 4.69) is 32.7 Å². The number of thiophene rings is 1. The Morgan fingerprint density at radius 1 is 1.50 bits per heavy atom. The molecule has 18 heavy (non-hydrogen) atoms. The van der Waals surface area contributed by atoms with Crippen LogP contribution in [-0.2, 0) is 9.53 Å². The molecule has 0 saturated carbocycles. The second kappa shape index (κ2) is 5.31. The number of hydrogen-bond donors (Lipinski definition) is 1. The molecular formula is C13H18BrNO2S. The molecule has 1 aromatic rings. The van der Waals surface area contributed by atoms with Crippen LogP contribution in [-0.4, -0.2) is 24.7 Å². The van der Waals surface area contributed by atoms with E-state index in [0.717, 1.165) is 11.0 Å². The first-order valence-corrected chi connectivity index (χ1v) is 7.71. The van der Waals surface area contributed by atoms with Crippen molar-refractivity contribution in [3.63, 3.8) is 0 Å². The van der Waals surface area contributed by atoms with Crippen LogP contribution >= 0.6 is 27.3 Å². The summed E-state index contributed by atoms with van der Waals surface area (Å²) in [4.78, 5) is 13.4. The smallest absolute Gasteiger partial charge is 0.311 e. The molecule has 2 heterocycles. The summed E-state index contributed by atoms with van der Waals surface area (Å²) in [5.41, 5.74) is -0.416. The Balaban J connectivity index is 2.10. The molecule has 1 aliphatic rings. The third-order valence-corrected chi connectivity index (χ3v) is 4.70. The van der Waals surface area contributed by atoms with Crippen LogP contribution in [0.3, 0.4) is 0 Å². The molecule has 1 N–H and O–H groups in total. The van der Waals surface area contributed by atoms with E-state index >= 15 is 0 Å². The minimum Gasteiger partial charge on any atom is -0.460 e. The predicted octanol–water partition coefficient (Wildman–Crippen LogP) is 3.16. The van der Waals surface area contributed by atoms with Crippen LogP contribution < -0.4 is 5.32 Å². The highest BCUT2D eigenvalue weighted by atomic mass is 79.9. The maximum atomic E-state index is 12.2. The summed E-state index contributed by atoms with van der Waals surface area (Å²) in [5.74, 6) is 0.0629. The number of ether oxygens (including phenoxy) is 1. The molecule has 2 unspecified atom stereocenters. The van der Waals surface area contributed by atoms with E-state index in [1.54, 1.807) is 11.3 Å². The van der Waals surface area contributed by atoms with Gasteiger partial charge in [0.25, 0.3) is 0 Å². The highest BCUT2D eigenvalue weighted by molar-refractivity contribution is 9.10. The van der Waals surface area contributed by atoms with Crippen LogP contribution in [0.2, 0.25) is 0 Å². The second-order valence-electron chi connectivity index (χ2n) is 5.57. The minimum absolute atomic E-state index is 0.0743. The van der Waals surface area contributed by atoms with E-state index in [1.807, 2.05) is 20.8 Å². The van der Waals surface area contributed by atoms with E-state index in [-0.39, 0.29) is 17.8 Å². The number of esters is 1. The van der Waals surface area contributed by atoms with E-state index in [0.29, 0.717) is 6.54 Å². The summed E-state index contributed by atoms with van der Waals surface area (Å²) in [7, 11) is 0. The quantitative estimate of drug-likeness (QED) is 0.846. The van der Waals surface area contributed by atoms with Crippen molar-refractivity contribution in [2.45, 2.75) is 32.3 Å². The van der Waals surface area contributed by atoms with E-state index in [9.17, 15) is 4.79 Å². The maximum absolute atomic E-state index is 12.2. The first kappa shape index (κ1) is 14.0. The molecule has 1 aliphatic heterocycles. The number of hydrogen-bond acceptors (Lipinski definition) is 4. The van der Waals surface area contributed by atoms with E-state index in [4.69, 9.17) is 4.74 Å². The lowest BCUT2D eigenvalue weighted by Gasteiger charge is -2.24. The largest absolute Gasteiger partial charge is 0.460 e. The number of rotatable bonds is 2. The van der Waals surface area contributed by atoms with Crippen molar-refractivity contribution in [1.82, 2.24) is 5.32 Å². The van der Waals surface area contributed by atoms with E-state index in [1.165, 1.54) is 4.88 Å². The van der Waals surface area contributed by atoms with Crippen LogP contribution in [0, 0.1) is 5.92 Å². The maximum Gasteiger partial charge on any atom is 0.311 e. The lowest BCUT2D eigenvalue weighted by atomic mass is 9.94. The molecule has 0 aromatic carbocycles. The number of nitrogens with one attached hydrogen (secondary N) is 1. The van der Waals surface area contributed by atoms with Gasteiger partial charge in [-0.25, -0.2) is 0 Å². The van der Waals surface area contributed by atoms with Gasteiger partial charge in [0.1, 0.15) is 5.60 Å². The number of halogens is 1. The summed E-state index contributed by atoms with van der Waals surface area (Å²) in [5, 5.41) is 5.34. The normalized spacial score (nSPS) is 24.2. The molecule has 2 atom stereocenters. The minimum atomic E-state index is -0.416. The van der Waals surface area contributed by atoms with Crippen LogP contribution in [0.25, 0.3) is 0 Å².